The first-order chi connectivity index (χ1) is 8.24. The molecule has 17 heavy (non-hydrogen) atoms. The Kier molecular flexibility index (Phi) is 4.36. The van der Waals surface area contributed by atoms with Crippen molar-refractivity contribution in [2.24, 2.45) is 0 Å². The van der Waals surface area contributed by atoms with Gasteiger partial charge in [-0.2, -0.15) is 0 Å². The SMILES string of the molecule is COCC1(CNc2ccc(Br)cn2)CCCN1. The smallest absolute Gasteiger partial charge is 0.126 e. The van der Waals surface area contributed by atoms with E-state index in [1.165, 1.54) is 6.42 Å². The van der Waals surface area contributed by atoms with Crippen LogP contribution >= 0.6 is 15.9 Å². The molecule has 0 aromatic carbocycles. The van der Waals surface area contributed by atoms with Crippen LogP contribution < -0.4 is 10.6 Å². The van der Waals surface area contributed by atoms with Crippen molar-refractivity contribution in [2.75, 3.05) is 32.1 Å². The van der Waals surface area contributed by atoms with Crippen LogP contribution in [0.1, 0.15) is 12.8 Å². The van der Waals surface area contributed by atoms with Gasteiger partial charge in [-0.3, -0.25) is 0 Å². The number of ether oxygens (including phenoxy) is 1. The van der Waals surface area contributed by atoms with Crippen molar-refractivity contribution in [1.82, 2.24) is 10.3 Å². The molecule has 1 unspecified atom stereocenters. The number of hydrogen-bond acceptors (Lipinski definition) is 4. The molecule has 1 aromatic heterocycles. The van der Waals surface area contributed by atoms with E-state index in [1.807, 2.05) is 12.1 Å². The van der Waals surface area contributed by atoms with Crippen molar-refractivity contribution < 1.29 is 4.74 Å². The summed E-state index contributed by atoms with van der Waals surface area (Å²) in [5.41, 5.74) is 0.0590. The van der Waals surface area contributed by atoms with E-state index in [1.54, 1.807) is 13.3 Å². The quantitative estimate of drug-likeness (QED) is 0.873. The highest BCUT2D eigenvalue weighted by atomic mass is 79.9. The second-order valence-electron chi connectivity index (χ2n) is 4.46. The predicted octanol–water partition coefficient (Wildman–Crippen LogP) is 2.02. The third-order valence-corrected chi connectivity index (χ3v) is 3.56. The van der Waals surface area contributed by atoms with Crippen LogP contribution in [0.3, 0.4) is 0 Å². The molecule has 1 atom stereocenters. The second kappa shape index (κ2) is 5.80. The molecule has 0 bridgehead atoms. The number of pyridine rings is 1. The van der Waals surface area contributed by atoms with Crippen LogP contribution in [0.5, 0.6) is 0 Å². The van der Waals surface area contributed by atoms with Crippen LogP contribution in [0.25, 0.3) is 0 Å². The lowest BCUT2D eigenvalue weighted by Crippen LogP contribution is -2.49. The Hall–Kier alpha value is -0.650. The molecule has 0 spiro atoms. The summed E-state index contributed by atoms with van der Waals surface area (Å²) in [7, 11) is 1.75. The Labute approximate surface area is 110 Å². The summed E-state index contributed by atoms with van der Waals surface area (Å²) in [6.45, 7) is 2.64. The molecule has 1 aliphatic rings. The zero-order valence-corrected chi connectivity index (χ0v) is 11.6. The molecular formula is C12H18BrN3O. The molecule has 0 saturated carbocycles. The van der Waals surface area contributed by atoms with Gasteiger partial charge in [-0.05, 0) is 47.4 Å². The Morgan fingerprint density at radius 1 is 1.59 bits per heavy atom. The first-order valence-corrected chi connectivity index (χ1v) is 6.63. The lowest BCUT2D eigenvalue weighted by atomic mass is 9.99. The Balaban J connectivity index is 1.93. The third kappa shape index (κ3) is 3.40. The fourth-order valence-electron chi connectivity index (χ4n) is 2.21. The van der Waals surface area contributed by atoms with Gasteiger partial charge in [0.15, 0.2) is 0 Å². The van der Waals surface area contributed by atoms with Gasteiger partial charge in [0.1, 0.15) is 5.82 Å². The Morgan fingerprint density at radius 2 is 2.47 bits per heavy atom. The van der Waals surface area contributed by atoms with Gasteiger partial charge in [-0.25, -0.2) is 4.98 Å². The van der Waals surface area contributed by atoms with Crippen LogP contribution in [0.15, 0.2) is 22.8 Å². The summed E-state index contributed by atoms with van der Waals surface area (Å²) in [6.07, 6.45) is 4.15. The highest BCUT2D eigenvalue weighted by Crippen LogP contribution is 2.20. The zero-order valence-electron chi connectivity index (χ0n) is 10.0. The van der Waals surface area contributed by atoms with Crippen molar-refractivity contribution in [3.05, 3.63) is 22.8 Å². The van der Waals surface area contributed by atoms with Crippen LogP contribution in [-0.2, 0) is 4.74 Å². The Morgan fingerprint density at radius 3 is 3.06 bits per heavy atom. The molecule has 0 aliphatic carbocycles. The Bertz CT molecular complexity index is 349. The lowest BCUT2D eigenvalue weighted by Gasteiger charge is -2.29. The van der Waals surface area contributed by atoms with Crippen LogP contribution in [0.4, 0.5) is 5.82 Å². The standard InChI is InChI=1S/C12H18BrN3O/c1-17-9-12(5-2-6-16-12)8-15-11-4-3-10(13)7-14-11/h3-4,7,16H,2,5-6,8-9H2,1H3,(H,14,15). The predicted molar refractivity (Wildman–Crippen MR) is 72.3 cm³/mol. The largest absolute Gasteiger partial charge is 0.383 e. The maximum atomic E-state index is 5.31. The van der Waals surface area contributed by atoms with Crippen molar-refractivity contribution >= 4 is 21.7 Å². The maximum Gasteiger partial charge on any atom is 0.126 e. The number of halogens is 1. The first-order valence-electron chi connectivity index (χ1n) is 5.83. The van der Waals surface area contributed by atoms with E-state index >= 15 is 0 Å². The van der Waals surface area contributed by atoms with E-state index in [0.717, 1.165) is 36.4 Å². The van der Waals surface area contributed by atoms with E-state index < -0.39 is 0 Å². The monoisotopic (exact) mass is 299 g/mol. The molecule has 2 heterocycles. The van der Waals surface area contributed by atoms with E-state index in [-0.39, 0.29) is 5.54 Å². The summed E-state index contributed by atoms with van der Waals surface area (Å²) >= 11 is 3.38. The van der Waals surface area contributed by atoms with Gasteiger partial charge < -0.3 is 15.4 Å². The lowest BCUT2D eigenvalue weighted by molar-refractivity contribution is 0.127. The van der Waals surface area contributed by atoms with E-state index in [0.29, 0.717) is 0 Å². The number of methoxy groups -OCH3 is 1. The minimum absolute atomic E-state index is 0.0590. The van der Waals surface area contributed by atoms with Crippen LogP contribution in [0.2, 0.25) is 0 Å². The molecule has 94 valence electrons. The average Bonchev–Trinajstić information content (AvgIpc) is 2.78. The van der Waals surface area contributed by atoms with Gasteiger partial charge in [0.25, 0.3) is 0 Å². The summed E-state index contributed by atoms with van der Waals surface area (Å²) in [5.74, 6) is 0.900. The summed E-state index contributed by atoms with van der Waals surface area (Å²) in [5, 5.41) is 6.89. The molecule has 2 rings (SSSR count). The fourth-order valence-corrected chi connectivity index (χ4v) is 2.44. The molecule has 1 fully saturated rings. The summed E-state index contributed by atoms with van der Waals surface area (Å²) in [6, 6.07) is 3.96. The van der Waals surface area contributed by atoms with E-state index in [4.69, 9.17) is 4.74 Å². The van der Waals surface area contributed by atoms with Gasteiger partial charge >= 0.3 is 0 Å². The highest BCUT2D eigenvalue weighted by Gasteiger charge is 2.33. The zero-order chi connectivity index (χ0) is 12.1. The number of nitrogens with zero attached hydrogens (tertiary/aromatic N) is 1. The van der Waals surface area contributed by atoms with Crippen molar-refractivity contribution in [2.45, 2.75) is 18.4 Å². The van der Waals surface area contributed by atoms with Crippen molar-refractivity contribution in [3.8, 4) is 0 Å². The topological polar surface area (TPSA) is 46.2 Å². The molecule has 4 nitrogen and oxygen atoms in total. The first kappa shape index (κ1) is 12.8. The molecule has 1 aliphatic heterocycles. The van der Waals surface area contributed by atoms with Crippen molar-refractivity contribution in [3.63, 3.8) is 0 Å². The minimum atomic E-state index is 0.0590. The van der Waals surface area contributed by atoms with Crippen LogP contribution in [0, 0.1) is 0 Å². The van der Waals surface area contributed by atoms with E-state index in [2.05, 4.69) is 31.5 Å². The molecule has 5 heteroatoms. The van der Waals surface area contributed by atoms with Gasteiger partial charge in [0.05, 0.1) is 12.1 Å². The number of aromatic nitrogens is 1. The van der Waals surface area contributed by atoms with E-state index in [9.17, 15) is 0 Å². The van der Waals surface area contributed by atoms with Gasteiger partial charge in [-0.15, -0.1) is 0 Å². The second-order valence-corrected chi connectivity index (χ2v) is 5.37. The fraction of sp³-hybridized carbons (Fsp3) is 0.583. The highest BCUT2D eigenvalue weighted by molar-refractivity contribution is 9.10. The molecule has 0 amide bonds. The van der Waals surface area contributed by atoms with Gasteiger partial charge in [0.2, 0.25) is 0 Å². The summed E-state index contributed by atoms with van der Waals surface area (Å²) < 4.78 is 6.30. The average molecular weight is 300 g/mol. The number of hydrogen-bond donors (Lipinski definition) is 2. The normalized spacial score (nSPS) is 23.9. The number of nitrogens with one attached hydrogen (secondary N) is 2. The maximum absolute atomic E-state index is 5.31. The van der Waals surface area contributed by atoms with Gasteiger partial charge in [0, 0.05) is 24.3 Å². The van der Waals surface area contributed by atoms with Crippen LogP contribution in [-0.4, -0.2) is 37.3 Å². The molecule has 2 N–H and O–H groups in total. The third-order valence-electron chi connectivity index (χ3n) is 3.09. The molecule has 1 saturated heterocycles. The number of anilines is 1. The molecular weight excluding hydrogens is 282 g/mol. The van der Waals surface area contributed by atoms with Gasteiger partial charge in [-0.1, -0.05) is 0 Å². The summed E-state index contributed by atoms with van der Waals surface area (Å²) in [4.78, 5) is 4.30. The molecule has 0 radical (unpaired) electrons. The van der Waals surface area contributed by atoms with Crippen molar-refractivity contribution in [1.29, 1.82) is 0 Å². The molecule has 1 aromatic rings. The minimum Gasteiger partial charge on any atom is -0.383 e. The number of rotatable bonds is 5.